The van der Waals surface area contributed by atoms with Crippen molar-refractivity contribution in [3.05, 3.63) is 33.9 Å². The maximum Gasteiger partial charge on any atom is 0.0868 e. The number of hydrogen-bond donors (Lipinski definition) is 0. The second-order valence-electron chi connectivity index (χ2n) is 2.78. The van der Waals surface area contributed by atoms with Crippen LogP contribution in [0, 0.1) is 0 Å². The van der Waals surface area contributed by atoms with Gasteiger partial charge >= 0.3 is 0 Å². The fourth-order valence-electron chi connectivity index (χ4n) is 1.53. The van der Waals surface area contributed by atoms with Crippen LogP contribution in [0.1, 0.15) is 10.6 Å². The standard InChI is InChI=1S/C9H6N2S/c1-2-8-9(11-5-12-8)6-3-4-10-7(1)6/h1,3-5H,2H2. The normalized spacial score (nSPS) is 18.3. The Morgan fingerprint density at radius 1 is 1.42 bits per heavy atom. The van der Waals surface area contributed by atoms with Crippen molar-refractivity contribution in [3.8, 4) is 0 Å². The lowest BCUT2D eigenvalue weighted by atomic mass is 10.0. The van der Waals surface area contributed by atoms with Crippen molar-refractivity contribution in [2.45, 2.75) is 6.42 Å². The van der Waals surface area contributed by atoms with Crippen LogP contribution in [0.4, 0.5) is 0 Å². The molecule has 12 heavy (non-hydrogen) atoms. The third-order valence-electron chi connectivity index (χ3n) is 2.11. The number of aliphatic imine (C=N–C) groups is 1. The van der Waals surface area contributed by atoms with E-state index in [1.165, 1.54) is 10.5 Å². The van der Waals surface area contributed by atoms with Crippen LogP contribution in [0.2, 0.25) is 0 Å². The number of allylic oxidation sites excluding steroid dienone is 3. The van der Waals surface area contributed by atoms with Gasteiger partial charge in [-0.2, -0.15) is 0 Å². The molecule has 0 atom stereocenters. The van der Waals surface area contributed by atoms with Crippen molar-refractivity contribution in [3.63, 3.8) is 0 Å². The predicted octanol–water partition coefficient (Wildman–Crippen LogP) is 2.05. The smallest absolute Gasteiger partial charge is 0.0868 e. The van der Waals surface area contributed by atoms with E-state index in [1.807, 2.05) is 17.8 Å². The van der Waals surface area contributed by atoms with Gasteiger partial charge in [-0.3, -0.25) is 4.99 Å². The average Bonchev–Trinajstić information content (AvgIpc) is 2.71. The zero-order chi connectivity index (χ0) is 7.97. The highest BCUT2D eigenvalue weighted by molar-refractivity contribution is 7.09. The maximum atomic E-state index is 4.33. The van der Waals surface area contributed by atoms with Crippen molar-refractivity contribution in [2.75, 3.05) is 0 Å². The number of nitrogens with zero attached hydrogens (tertiary/aromatic N) is 2. The van der Waals surface area contributed by atoms with Gasteiger partial charge in [0.1, 0.15) is 0 Å². The summed E-state index contributed by atoms with van der Waals surface area (Å²) < 4.78 is 0. The van der Waals surface area contributed by atoms with Gasteiger partial charge in [0.25, 0.3) is 0 Å². The van der Waals surface area contributed by atoms with Crippen LogP contribution in [0.5, 0.6) is 0 Å². The Kier molecular flexibility index (Phi) is 1.12. The van der Waals surface area contributed by atoms with E-state index in [-0.39, 0.29) is 0 Å². The molecule has 1 aromatic heterocycles. The van der Waals surface area contributed by atoms with Crippen LogP contribution < -0.4 is 0 Å². The van der Waals surface area contributed by atoms with E-state index in [9.17, 15) is 0 Å². The molecule has 1 aromatic rings. The van der Waals surface area contributed by atoms with Crippen LogP contribution in [0.25, 0.3) is 5.57 Å². The van der Waals surface area contributed by atoms with Crippen LogP contribution in [0.3, 0.4) is 0 Å². The molecule has 0 saturated carbocycles. The van der Waals surface area contributed by atoms with Crippen LogP contribution >= 0.6 is 11.3 Å². The largest absolute Gasteiger partial charge is 0.256 e. The summed E-state index contributed by atoms with van der Waals surface area (Å²) in [7, 11) is 0. The van der Waals surface area contributed by atoms with Gasteiger partial charge in [-0.15, -0.1) is 11.3 Å². The fraction of sp³-hybridized carbons (Fsp3) is 0.111. The molecule has 0 N–H and O–H groups in total. The molecule has 0 saturated heterocycles. The molecule has 2 aliphatic rings. The summed E-state index contributed by atoms with van der Waals surface area (Å²) in [4.78, 5) is 9.93. The second-order valence-corrected chi connectivity index (χ2v) is 3.72. The van der Waals surface area contributed by atoms with Crippen LogP contribution in [-0.2, 0) is 6.42 Å². The highest BCUT2D eigenvalue weighted by Crippen LogP contribution is 2.34. The first kappa shape index (κ1) is 6.31. The molecule has 58 valence electrons. The molecule has 0 aromatic carbocycles. The molecule has 2 nitrogen and oxygen atoms in total. The highest BCUT2D eigenvalue weighted by atomic mass is 32.1. The van der Waals surface area contributed by atoms with Crippen molar-refractivity contribution < 1.29 is 0 Å². The minimum absolute atomic E-state index is 0.990. The first-order valence-corrected chi connectivity index (χ1v) is 4.71. The summed E-state index contributed by atoms with van der Waals surface area (Å²) in [6.45, 7) is 0. The van der Waals surface area contributed by atoms with Gasteiger partial charge in [-0.1, -0.05) is 6.08 Å². The Hall–Kier alpha value is -1.22. The minimum Gasteiger partial charge on any atom is -0.256 e. The third-order valence-corrected chi connectivity index (χ3v) is 2.96. The van der Waals surface area contributed by atoms with E-state index in [2.05, 4.69) is 16.1 Å². The number of hydrogen-bond acceptors (Lipinski definition) is 3. The van der Waals surface area contributed by atoms with Gasteiger partial charge in [-0.25, -0.2) is 4.98 Å². The fourth-order valence-corrected chi connectivity index (χ4v) is 2.27. The van der Waals surface area contributed by atoms with Gasteiger partial charge < -0.3 is 0 Å². The Morgan fingerprint density at radius 3 is 3.42 bits per heavy atom. The van der Waals surface area contributed by atoms with Crippen molar-refractivity contribution in [1.29, 1.82) is 0 Å². The van der Waals surface area contributed by atoms with Crippen LogP contribution in [-0.4, -0.2) is 11.2 Å². The molecule has 1 aliphatic heterocycles. The van der Waals surface area contributed by atoms with E-state index in [0.717, 1.165) is 17.8 Å². The Labute approximate surface area is 74.0 Å². The number of aromatic nitrogens is 1. The van der Waals surface area contributed by atoms with Crippen molar-refractivity contribution in [1.82, 2.24) is 4.98 Å². The molecule has 0 radical (unpaired) electrons. The van der Waals surface area contributed by atoms with Gasteiger partial charge in [-0.05, 0) is 6.08 Å². The average molecular weight is 174 g/mol. The molecule has 3 rings (SSSR count). The Balaban J connectivity index is 2.26. The molecule has 1 aliphatic carbocycles. The number of fused-ring (bicyclic) bond motifs is 3. The molecule has 0 bridgehead atoms. The first-order chi connectivity index (χ1) is 5.95. The van der Waals surface area contributed by atoms with Gasteiger partial charge in [0.15, 0.2) is 0 Å². The van der Waals surface area contributed by atoms with Crippen molar-refractivity contribution in [2.24, 2.45) is 4.99 Å². The quantitative estimate of drug-likeness (QED) is 0.591. The lowest BCUT2D eigenvalue weighted by molar-refractivity contribution is 1.18. The summed E-state index contributed by atoms with van der Waals surface area (Å²) in [6, 6.07) is 0. The summed E-state index contributed by atoms with van der Waals surface area (Å²) in [5.74, 6) is 0. The lowest BCUT2D eigenvalue weighted by Crippen LogP contribution is -1.96. The second kappa shape index (κ2) is 2.14. The number of thiazole rings is 1. The monoisotopic (exact) mass is 174 g/mol. The molecular formula is C9H6N2S. The molecule has 0 unspecified atom stereocenters. The summed E-state index contributed by atoms with van der Waals surface area (Å²) in [5, 5.41) is 0. The SMILES string of the molecule is C1=NC2=CCc3scnc3C2=C1. The first-order valence-electron chi connectivity index (χ1n) is 3.83. The summed E-state index contributed by atoms with van der Waals surface area (Å²) >= 11 is 1.72. The van der Waals surface area contributed by atoms with Gasteiger partial charge in [0.05, 0.1) is 16.9 Å². The van der Waals surface area contributed by atoms with Crippen LogP contribution in [0.15, 0.2) is 28.4 Å². The van der Waals surface area contributed by atoms with Gasteiger partial charge in [0.2, 0.25) is 0 Å². The molecule has 0 spiro atoms. The molecule has 0 amide bonds. The van der Waals surface area contributed by atoms with Gasteiger partial charge in [0, 0.05) is 23.1 Å². The Morgan fingerprint density at radius 2 is 2.42 bits per heavy atom. The van der Waals surface area contributed by atoms with Crippen molar-refractivity contribution >= 4 is 23.1 Å². The molecular weight excluding hydrogens is 168 g/mol. The topological polar surface area (TPSA) is 25.2 Å². The molecule has 3 heteroatoms. The summed E-state index contributed by atoms with van der Waals surface area (Å²) in [6.07, 6.45) is 7.03. The summed E-state index contributed by atoms with van der Waals surface area (Å²) in [5.41, 5.74) is 5.32. The van der Waals surface area contributed by atoms with E-state index in [4.69, 9.17) is 0 Å². The zero-order valence-corrected chi connectivity index (χ0v) is 7.14. The zero-order valence-electron chi connectivity index (χ0n) is 6.32. The van der Waals surface area contributed by atoms with E-state index < -0.39 is 0 Å². The minimum atomic E-state index is 0.990. The van der Waals surface area contributed by atoms with E-state index in [0.29, 0.717) is 0 Å². The van der Waals surface area contributed by atoms with E-state index in [1.54, 1.807) is 11.3 Å². The highest BCUT2D eigenvalue weighted by Gasteiger charge is 2.20. The lowest BCUT2D eigenvalue weighted by Gasteiger charge is -2.08. The molecule has 2 heterocycles. The number of rotatable bonds is 0. The maximum absolute atomic E-state index is 4.33. The predicted molar refractivity (Wildman–Crippen MR) is 50.4 cm³/mol. The molecule has 0 fully saturated rings. The Bertz CT molecular complexity index is 423. The third kappa shape index (κ3) is 0.689. The van der Waals surface area contributed by atoms with E-state index >= 15 is 0 Å².